The number of aromatic nitrogens is 3. The molecule has 0 bridgehead atoms. The fourth-order valence-electron chi connectivity index (χ4n) is 4.80. The van der Waals surface area contributed by atoms with Gasteiger partial charge in [-0.25, -0.2) is 4.57 Å². The lowest BCUT2D eigenvalue weighted by molar-refractivity contribution is -0.666. The third-order valence-corrected chi connectivity index (χ3v) is 6.52. The Hall–Kier alpha value is -3.00. The van der Waals surface area contributed by atoms with Gasteiger partial charge in [0.15, 0.2) is 0 Å². The van der Waals surface area contributed by atoms with Crippen molar-refractivity contribution in [1.82, 2.24) is 14.7 Å². The van der Waals surface area contributed by atoms with E-state index < -0.39 is 0 Å². The minimum atomic E-state index is -0.235. The van der Waals surface area contributed by atoms with Crippen LogP contribution >= 0.6 is 0 Å². The Morgan fingerprint density at radius 3 is 2.87 bits per heavy atom. The van der Waals surface area contributed by atoms with Gasteiger partial charge in [-0.2, -0.15) is 0 Å². The van der Waals surface area contributed by atoms with E-state index in [0.717, 1.165) is 44.1 Å². The number of carbonyl (C=O) groups excluding carboxylic acids is 1. The van der Waals surface area contributed by atoms with Crippen LogP contribution in [0, 0.1) is 6.92 Å². The Balaban J connectivity index is 1.71. The minimum absolute atomic E-state index is 0.0132. The lowest BCUT2D eigenvalue weighted by Gasteiger charge is -2.16. The molecule has 4 heterocycles. The van der Waals surface area contributed by atoms with E-state index >= 15 is 0 Å². The van der Waals surface area contributed by atoms with E-state index in [4.69, 9.17) is 15.5 Å². The standard InChI is InChI=1S/C23H27N5O3/c1-14-6-4-10-27-20(14)26-21-18(23(27)30)12-17(22(29)25-15-7-2-3-8-15)19(24)28(21)13-16-9-5-11-31-16/h4,6,10,12,15-16,24H,2-3,5,7-9,11,13H2,1H3,(H,25,29)/p+1/t16-/m0/s1. The fraction of sp³-hybridized carbons (Fsp3) is 0.478. The average molecular weight is 423 g/mol. The van der Waals surface area contributed by atoms with Crippen molar-refractivity contribution in [3.05, 3.63) is 45.9 Å². The molecular formula is C23H28N5O3+. The predicted octanol–water partition coefficient (Wildman–Crippen LogP) is 1.88. The SMILES string of the molecule is Cc1cccn2c(=O)c3cc(C(=O)NC4CCCC4)c(N)[n+](C[C@@H]4CCCO4)c3nc12. The zero-order valence-corrected chi connectivity index (χ0v) is 17.8. The van der Waals surface area contributed by atoms with Crippen LogP contribution in [0.4, 0.5) is 5.82 Å². The zero-order chi connectivity index (χ0) is 21.5. The van der Waals surface area contributed by atoms with Crippen LogP contribution in [0.15, 0.2) is 29.2 Å². The maximum absolute atomic E-state index is 13.4. The number of fused-ring (bicyclic) bond motifs is 2. The molecule has 1 atom stereocenters. The molecule has 1 aliphatic carbocycles. The molecule has 3 aromatic rings. The van der Waals surface area contributed by atoms with Gasteiger partial charge >= 0.3 is 0 Å². The summed E-state index contributed by atoms with van der Waals surface area (Å²) >= 11 is 0. The van der Waals surface area contributed by atoms with Crippen molar-refractivity contribution in [2.24, 2.45) is 0 Å². The van der Waals surface area contributed by atoms with Crippen molar-refractivity contribution in [3.8, 4) is 0 Å². The summed E-state index contributed by atoms with van der Waals surface area (Å²) in [6.45, 7) is 3.09. The van der Waals surface area contributed by atoms with Crippen LogP contribution in [0.2, 0.25) is 0 Å². The summed E-state index contributed by atoms with van der Waals surface area (Å²) in [6.07, 6.45) is 7.78. The van der Waals surface area contributed by atoms with Crippen molar-refractivity contribution in [1.29, 1.82) is 0 Å². The first kappa shape index (κ1) is 19.9. The van der Waals surface area contributed by atoms with E-state index in [9.17, 15) is 9.59 Å². The number of hydrogen-bond acceptors (Lipinski definition) is 5. The molecule has 162 valence electrons. The molecule has 1 amide bonds. The van der Waals surface area contributed by atoms with Gasteiger partial charge in [0.25, 0.3) is 17.1 Å². The van der Waals surface area contributed by atoms with E-state index in [1.54, 1.807) is 16.8 Å². The Kier molecular flexibility index (Phi) is 5.09. The normalized spacial score (nSPS) is 19.5. The van der Waals surface area contributed by atoms with Crippen LogP contribution in [0.3, 0.4) is 0 Å². The average Bonchev–Trinajstić information content (AvgIpc) is 3.45. The second kappa shape index (κ2) is 7.92. The van der Waals surface area contributed by atoms with E-state index in [1.807, 2.05) is 19.1 Å². The molecule has 0 spiro atoms. The number of ether oxygens (including phenoxy) is 1. The zero-order valence-electron chi connectivity index (χ0n) is 17.8. The number of aryl methyl sites for hydroxylation is 1. The highest BCUT2D eigenvalue weighted by Gasteiger charge is 2.29. The molecule has 8 nitrogen and oxygen atoms in total. The monoisotopic (exact) mass is 422 g/mol. The minimum Gasteiger partial charge on any atom is -0.375 e. The number of nitrogens with zero attached hydrogens (tertiary/aromatic N) is 3. The van der Waals surface area contributed by atoms with Crippen LogP contribution in [-0.2, 0) is 11.3 Å². The third-order valence-electron chi connectivity index (χ3n) is 6.52. The first-order valence-electron chi connectivity index (χ1n) is 11.1. The summed E-state index contributed by atoms with van der Waals surface area (Å²) in [5.74, 6) is 0.0875. The lowest BCUT2D eigenvalue weighted by Crippen LogP contribution is -2.46. The number of nitrogens with one attached hydrogen (secondary N) is 1. The molecule has 3 aromatic heterocycles. The highest BCUT2D eigenvalue weighted by atomic mass is 16.5. The van der Waals surface area contributed by atoms with Gasteiger partial charge in [-0.15, -0.1) is 0 Å². The maximum Gasteiger partial charge on any atom is 0.278 e. The van der Waals surface area contributed by atoms with Crippen molar-refractivity contribution < 1.29 is 14.1 Å². The topological polar surface area (TPSA) is 103 Å². The van der Waals surface area contributed by atoms with Crippen LogP contribution in [0.25, 0.3) is 16.7 Å². The number of pyridine rings is 2. The lowest BCUT2D eigenvalue weighted by atomic mass is 10.1. The summed E-state index contributed by atoms with van der Waals surface area (Å²) in [5, 5.41) is 3.48. The molecule has 1 saturated heterocycles. The van der Waals surface area contributed by atoms with Gasteiger partial charge in [-0.1, -0.05) is 23.9 Å². The number of nitrogen functional groups attached to an aromatic ring is 1. The maximum atomic E-state index is 13.4. The molecule has 0 radical (unpaired) electrons. The van der Waals surface area contributed by atoms with E-state index in [1.165, 1.54) is 4.40 Å². The van der Waals surface area contributed by atoms with Crippen LogP contribution in [0.5, 0.6) is 0 Å². The van der Waals surface area contributed by atoms with Crippen LogP contribution in [0.1, 0.15) is 54.4 Å². The van der Waals surface area contributed by atoms with Gasteiger partial charge in [0.1, 0.15) is 10.9 Å². The van der Waals surface area contributed by atoms with Crippen molar-refractivity contribution in [2.45, 2.75) is 64.1 Å². The highest BCUT2D eigenvalue weighted by molar-refractivity contribution is 6.00. The highest BCUT2D eigenvalue weighted by Crippen LogP contribution is 2.21. The van der Waals surface area contributed by atoms with Gasteiger partial charge in [-0.05, 0) is 44.7 Å². The Morgan fingerprint density at radius 1 is 1.32 bits per heavy atom. The Bertz CT molecular complexity index is 1220. The number of amides is 1. The molecule has 1 saturated carbocycles. The number of nitrogens with two attached hydrogens (primary N) is 1. The molecule has 5 rings (SSSR count). The first-order chi connectivity index (χ1) is 15.0. The van der Waals surface area contributed by atoms with Gasteiger partial charge in [0.2, 0.25) is 11.5 Å². The van der Waals surface area contributed by atoms with Crippen LogP contribution < -0.4 is 21.2 Å². The van der Waals surface area contributed by atoms with Gasteiger partial charge in [0.05, 0.1) is 12.6 Å². The fourth-order valence-corrected chi connectivity index (χ4v) is 4.80. The summed E-state index contributed by atoms with van der Waals surface area (Å²) in [5.41, 5.74) is 8.62. The van der Waals surface area contributed by atoms with Gasteiger partial charge in [0, 0.05) is 24.4 Å². The van der Waals surface area contributed by atoms with E-state index in [0.29, 0.717) is 41.2 Å². The van der Waals surface area contributed by atoms with Gasteiger partial charge < -0.3 is 15.8 Å². The van der Waals surface area contributed by atoms with Crippen molar-refractivity contribution in [2.75, 3.05) is 12.3 Å². The number of hydrogen-bond donors (Lipinski definition) is 2. The second-order valence-electron chi connectivity index (χ2n) is 8.68. The Labute approximate surface area is 180 Å². The molecule has 8 heteroatoms. The molecule has 1 aliphatic heterocycles. The summed E-state index contributed by atoms with van der Waals surface area (Å²) < 4.78 is 9.15. The molecular weight excluding hydrogens is 394 g/mol. The summed E-state index contributed by atoms with van der Waals surface area (Å²) in [6, 6.07) is 5.51. The molecule has 0 aromatic carbocycles. The summed E-state index contributed by atoms with van der Waals surface area (Å²) in [4.78, 5) is 31.3. The van der Waals surface area contributed by atoms with Crippen LogP contribution in [-0.4, -0.2) is 34.0 Å². The van der Waals surface area contributed by atoms with Crippen molar-refractivity contribution >= 4 is 28.4 Å². The van der Waals surface area contributed by atoms with Crippen molar-refractivity contribution in [3.63, 3.8) is 0 Å². The van der Waals surface area contributed by atoms with E-state index in [-0.39, 0.29) is 23.6 Å². The first-order valence-corrected chi connectivity index (χ1v) is 11.1. The Morgan fingerprint density at radius 2 is 2.13 bits per heavy atom. The number of carbonyl (C=O) groups is 1. The second-order valence-corrected chi connectivity index (χ2v) is 8.68. The molecule has 31 heavy (non-hydrogen) atoms. The van der Waals surface area contributed by atoms with Gasteiger partial charge in [-0.3, -0.25) is 14.0 Å². The largest absolute Gasteiger partial charge is 0.375 e. The smallest absolute Gasteiger partial charge is 0.278 e. The summed E-state index contributed by atoms with van der Waals surface area (Å²) in [7, 11) is 0. The molecule has 3 N–H and O–H groups in total. The van der Waals surface area contributed by atoms with E-state index in [2.05, 4.69) is 5.32 Å². The number of anilines is 1. The number of rotatable bonds is 4. The predicted molar refractivity (Wildman–Crippen MR) is 117 cm³/mol. The molecule has 0 unspecified atom stereocenters. The molecule has 2 aliphatic rings. The quantitative estimate of drug-likeness (QED) is 0.494. The third kappa shape index (κ3) is 3.54. The molecule has 2 fully saturated rings.